The lowest BCUT2D eigenvalue weighted by molar-refractivity contribution is -0.185. The molecule has 0 aromatic heterocycles. The number of aryl methyl sites for hydroxylation is 1. The molecule has 8 heteroatoms. The van der Waals surface area contributed by atoms with Gasteiger partial charge in [0, 0.05) is 23.6 Å². The van der Waals surface area contributed by atoms with Gasteiger partial charge in [0.25, 0.3) is 5.79 Å². The molecule has 0 spiro atoms. The van der Waals surface area contributed by atoms with Crippen LogP contribution in [0.4, 0.5) is 0 Å². The standard InChI is InChI=1S/C31H34O8/c1-18(2)38-27-10-8-20(14-28(27)37-7)13-25-29(21-15-23(34-4)17-24(16-21)35-5)30(32)39-31(25,33)22-9-11-26(36-6)19(3)12-22/h8-12,14-18,33H,13H2,1-7H3. The van der Waals surface area contributed by atoms with Gasteiger partial charge in [0.2, 0.25) is 0 Å². The molecule has 0 radical (unpaired) electrons. The van der Waals surface area contributed by atoms with E-state index >= 15 is 0 Å². The fraction of sp³-hybridized carbons (Fsp3) is 0.323. The molecule has 39 heavy (non-hydrogen) atoms. The highest BCUT2D eigenvalue weighted by Gasteiger charge is 2.48. The van der Waals surface area contributed by atoms with Crippen molar-refractivity contribution >= 4 is 11.5 Å². The predicted octanol–water partition coefficient (Wildman–Crippen LogP) is 5.22. The monoisotopic (exact) mass is 534 g/mol. The molecule has 0 aliphatic carbocycles. The van der Waals surface area contributed by atoms with Crippen LogP contribution < -0.4 is 23.7 Å². The first-order valence-electron chi connectivity index (χ1n) is 12.5. The van der Waals surface area contributed by atoms with Crippen molar-refractivity contribution in [1.29, 1.82) is 0 Å². The topological polar surface area (TPSA) is 92.7 Å². The third-order valence-corrected chi connectivity index (χ3v) is 6.55. The quantitative estimate of drug-likeness (QED) is 0.354. The predicted molar refractivity (Wildman–Crippen MR) is 147 cm³/mol. The maximum atomic E-state index is 13.5. The van der Waals surface area contributed by atoms with Gasteiger partial charge in [0.05, 0.1) is 40.1 Å². The van der Waals surface area contributed by atoms with Crippen molar-refractivity contribution in [3.63, 3.8) is 0 Å². The van der Waals surface area contributed by atoms with Crippen LogP contribution in [0.15, 0.2) is 60.2 Å². The summed E-state index contributed by atoms with van der Waals surface area (Å²) in [4.78, 5) is 13.5. The zero-order chi connectivity index (χ0) is 28.3. The zero-order valence-electron chi connectivity index (χ0n) is 23.3. The first-order valence-corrected chi connectivity index (χ1v) is 12.5. The SMILES string of the molecule is COc1cc(OC)cc(C2=C(Cc3ccc(OC(C)C)c(OC)c3)C(O)(c3ccc(OC)c(C)c3)OC2=O)c1. The van der Waals surface area contributed by atoms with Gasteiger partial charge in [-0.05, 0) is 79.9 Å². The number of hydrogen-bond acceptors (Lipinski definition) is 8. The van der Waals surface area contributed by atoms with Crippen LogP contribution in [-0.4, -0.2) is 45.6 Å². The summed E-state index contributed by atoms with van der Waals surface area (Å²) in [5.74, 6) is 0.0972. The smallest absolute Gasteiger partial charge is 0.342 e. The molecule has 0 saturated heterocycles. The third-order valence-electron chi connectivity index (χ3n) is 6.55. The average Bonchev–Trinajstić information content (AvgIpc) is 3.18. The maximum absolute atomic E-state index is 13.5. The van der Waals surface area contributed by atoms with Crippen LogP contribution in [0.5, 0.6) is 28.7 Å². The molecular formula is C31H34O8. The Morgan fingerprint density at radius 2 is 1.46 bits per heavy atom. The van der Waals surface area contributed by atoms with Crippen molar-refractivity contribution in [2.45, 2.75) is 39.1 Å². The minimum absolute atomic E-state index is 0.0358. The fourth-order valence-corrected chi connectivity index (χ4v) is 4.69. The van der Waals surface area contributed by atoms with E-state index in [1.807, 2.05) is 39.0 Å². The van der Waals surface area contributed by atoms with Gasteiger partial charge in [0.1, 0.15) is 17.2 Å². The van der Waals surface area contributed by atoms with Crippen LogP contribution >= 0.6 is 0 Å². The number of ether oxygens (including phenoxy) is 6. The van der Waals surface area contributed by atoms with Gasteiger partial charge in [-0.15, -0.1) is 0 Å². The van der Waals surface area contributed by atoms with E-state index in [9.17, 15) is 9.90 Å². The first-order chi connectivity index (χ1) is 18.6. The largest absolute Gasteiger partial charge is 0.497 e. The molecule has 4 rings (SSSR count). The molecule has 0 amide bonds. The number of rotatable bonds is 10. The lowest BCUT2D eigenvalue weighted by Crippen LogP contribution is -2.30. The van der Waals surface area contributed by atoms with Gasteiger partial charge in [-0.25, -0.2) is 4.79 Å². The summed E-state index contributed by atoms with van der Waals surface area (Å²) >= 11 is 0. The number of carbonyl (C=O) groups excluding carboxylic acids is 1. The number of cyclic esters (lactones) is 1. The van der Waals surface area contributed by atoms with Gasteiger partial charge < -0.3 is 33.5 Å². The summed E-state index contributed by atoms with van der Waals surface area (Å²) in [5.41, 5.74) is 3.07. The molecule has 1 unspecified atom stereocenters. The number of esters is 1. The van der Waals surface area contributed by atoms with Gasteiger partial charge in [0.15, 0.2) is 11.5 Å². The van der Waals surface area contributed by atoms with E-state index in [0.717, 1.165) is 11.1 Å². The molecule has 3 aromatic rings. The Balaban J connectivity index is 1.92. The Bertz CT molecular complexity index is 1390. The van der Waals surface area contributed by atoms with Gasteiger partial charge in [-0.1, -0.05) is 6.07 Å². The average molecular weight is 535 g/mol. The van der Waals surface area contributed by atoms with E-state index in [4.69, 9.17) is 28.4 Å². The molecule has 1 atom stereocenters. The summed E-state index contributed by atoms with van der Waals surface area (Å²) < 4.78 is 33.5. The zero-order valence-corrected chi connectivity index (χ0v) is 23.3. The third kappa shape index (κ3) is 5.52. The summed E-state index contributed by atoms with van der Waals surface area (Å²) in [7, 11) is 6.21. The van der Waals surface area contributed by atoms with Gasteiger partial charge >= 0.3 is 5.97 Å². The van der Waals surface area contributed by atoms with Crippen LogP contribution in [0, 0.1) is 6.92 Å². The molecule has 0 fully saturated rings. The van der Waals surface area contributed by atoms with Crippen molar-refractivity contribution in [3.8, 4) is 28.7 Å². The van der Waals surface area contributed by atoms with E-state index in [1.165, 1.54) is 14.2 Å². The first kappa shape index (κ1) is 27.9. The highest BCUT2D eigenvalue weighted by molar-refractivity contribution is 6.20. The lowest BCUT2D eigenvalue weighted by atomic mass is 9.87. The summed E-state index contributed by atoms with van der Waals surface area (Å²) in [5, 5.41) is 12.1. The van der Waals surface area contributed by atoms with E-state index in [1.54, 1.807) is 50.6 Å². The van der Waals surface area contributed by atoms with E-state index < -0.39 is 11.8 Å². The maximum Gasteiger partial charge on any atom is 0.342 e. The van der Waals surface area contributed by atoms with Crippen molar-refractivity contribution in [1.82, 2.24) is 0 Å². The number of hydrogen-bond donors (Lipinski definition) is 1. The molecule has 3 aromatic carbocycles. The Morgan fingerprint density at radius 3 is 2.03 bits per heavy atom. The number of methoxy groups -OCH3 is 4. The molecule has 1 aliphatic rings. The molecular weight excluding hydrogens is 500 g/mol. The second-order valence-corrected chi connectivity index (χ2v) is 9.50. The van der Waals surface area contributed by atoms with Crippen LogP contribution in [0.25, 0.3) is 5.57 Å². The number of aliphatic hydroxyl groups is 1. The van der Waals surface area contributed by atoms with Crippen molar-refractivity contribution in [2.75, 3.05) is 28.4 Å². The Morgan fingerprint density at radius 1 is 0.821 bits per heavy atom. The fourth-order valence-electron chi connectivity index (χ4n) is 4.69. The Kier molecular flexibility index (Phi) is 8.06. The molecule has 1 heterocycles. The Hall–Kier alpha value is -4.17. The minimum atomic E-state index is -2.03. The molecule has 206 valence electrons. The molecule has 8 nitrogen and oxygen atoms in total. The lowest BCUT2D eigenvalue weighted by Gasteiger charge is -2.26. The van der Waals surface area contributed by atoms with Gasteiger partial charge in [-0.2, -0.15) is 0 Å². The molecule has 1 aliphatic heterocycles. The summed E-state index contributed by atoms with van der Waals surface area (Å²) in [6.07, 6.45) is 0.145. The van der Waals surface area contributed by atoms with Crippen molar-refractivity contribution < 1.29 is 38.3 Å². The van der Waals surface area contributed by atoms with E-state index in [2.05, 4.69) is 0 Å². The summed E-state index contributed by atoms with van der Waals surface area (Å²) in [6.45, 7) is 5.73. The number of benzene rings is 3. The van der Waals surface area contributed by atoms with Crippen LogP contribution in [0.2, 0.25) is 0 Å². The molecule has 0 saturated carbocycles. The van der Waals surface area contributed by atoms with E-state index in [-0.39, 0.29) is 18.1 Å². The number of carbonyl (C=O) groups is 1. The van der Waals surface area contributed by atoms with E-state index in [0.29, 0.717) is 45.4 Å². The van der Waals surface area contributed by atoms with Crippen LogP contribution in [-0.2, 0) is 21.7 Å². The molecule has 1 N–H and O–H groups in total. The van der Waals surface area contributed by atoms with Crippen LogP contribution in [0.3, 0.4) is 0 Å². The highest BCUT2D eigenvalue weighted by atomic mass is 16.7. The normalized spacial score (nSPS) is 16.8. The summed E-state index contributed by atoms with van der Waals surface area (Å²) in [6, 6.07) is 15.8. The van der Waals surface area contributed by atoms with Crippen molar-refractivity contribution in [3.05, 3.63) is 82.4 Å². The second-order valence-electron chi connectivity index (χ2n) is 9.50. The second kappa shape index (κ2) is 11.3. The van der Waals surface area contributed by atoms with Gasteiger partial charge in [-0.3, -0.25) is 0 Å². The minimum Gasteiger partial charge on any atom is -0.497 e. The Labute approximate surface area is 228 Å². The highest BCUT2D eigenvalue weighted by Crippen LogP contribution is 2.46. The van der Waals surface area contributed by atoms with Crippen LogP contribution in [0.1, 0.15) is 36.1 Å². The molecule has 0 bridgehead atoms. The van der Waals surface area contributed by atoms with Crippen molar-refractivity contribution in [2.24, 2.45) is 0 Å².